The minimum Gasteiger partial charge on any atom is -0.486 e. The van der Waals surface area contributed by atoms with E-state index in [-0.39, 0.29) is 11.6 Å². The second-order valence-corrected chi connectivity index (χ2v) is 5.39. The summed E-state index contributed by atoms with van der Waals surface area (Å²) < 4.78 is 50.0. The second kappa shape index (κ2) is 5.81. The summed E-state index contributed by atoms with van der Waals surface area (Å²) in [5, 5.41) is 0.289. The van der Waals surface area contributed by atoms with Crippen LogP contribution in [0, 0.1) is 0 Å². The van der Waals surface area contributed by atoms with E-state index >= 15 is 0 Å². The van der Waals surface area contributed by atoms with Crippen molar-refractivity contribution >= 4 is 11.6 Å². The molecule has 1 aromatic carbocycles. The Morgan fingerprint density at radius 1 is 1.17 bits per heavy atom. The fourth-order valence-corrected chi connectivity index (χ4v) is 2.56. The van der Waals surface area contributed by atoms with E-state index in [1.54, 1.807) is 12.1 Å². The van der Waals surface area contributed by atoms with Crippen LogP contribution in [0.4, 0.5) is 13.2 Å². The van der Waals surface area contributed by atoms with Gasteiger partial charge in [-0.25, -0.2) is 0 Å². The van der Waals surface area contributed by atoms with Gasteiger partial charge >= 0.3 is 6.18 Å². The number of hydrogen-bond acceptors (Lipinski definition) is 3. The average molecular weight is 346 g/mol. The van der Waals surface area contributed by atoms with Crippen molar-refractivity contribution in [3.63, 3.8) is 0 Å². The second-order valence-electron chi connectivity index (χ2n) is 4.98. The maximum Gasteiger partial charge on any atom is 0.417 e. The molecule has 4 nitrogen and oxygen atoms in total. The zero-order valence-corrected chi connectivity index (χ0v) is 12.4. The van der Waals surface area contributed by atoms with Gasteiger partial charge in [0.05, 0.1) is 17.1 Å². The highest BCUT2D eigenvalue weighted by molar-refractivity contribution is 6.32. The molecule has 0 bridgehead atoms. The lowest BCUT2D eigenvalue weighted by atomic mass is 10.1. The normalized spacial score (nSPS) is 13.9. The first-order valence-corrected chi connectivity index (χ1v) is 7.08. The van der Waals surface area contributed by atoms with Crippen molar-refractivity contribution in [1.82, 2.24) is 4.57 Å². The van der Waals surface area contributed by atoms with Crippen molar-refractivity contribution in [2.75, 3.05) is 13.2 Å². The first-order valence-electron chi connectivity index (χ1n) is 6.70. The van der Waals surface area contributed by atoms with E-state index in [0.29, 0.717) is 30.3 Å². The zero-order chi connectivity index (χ0) is 16.6. The minimum absolute atomic E-state index is 0.0564. The average Bonchev–Trinajstić information content (AvgIpc) is 2.48. The molecule has 8 heteroatoms. The molecule has 0 atom stereocenters. The molecule has 0 unspecified atom stereocenters. The molecule has 1 aliphatic rings. The van der Waals surface area contributed by atoms with Crippen LogP contribution >= 0.6 is 11.6 Å². The fraction of sp³-hybridized carbons (Fsp3) is 0.267. The molecular formula is C15H11ClF3NO3. The molecule has 23 heavy (non-hydrogen) atoms. The lowest BCUT2D eigenvalue weighted by Gasteiger charge is -2.20. The lowest BCUT2D eigenvalue weighted by Crippen LogP contribution is -2.22. The molecule has 0 aliphatic carbocycles. The van der Waals surface area contributed by atoms with E-state index < -0.39 is 17.3 Å². The molecule has 0 saturated carbocycles. The molecule has 2 heterocycles. The fourth-order valence-electron chi connectivity index (χ4n) is 2.27. The number of benzene rings is 1. The minimum atomic E-state index is -4.51. The molecule has 0 spiro atoms. The third kappa shape index (κ3) is 3.29. The Morgan fingerprint density at radius 2 is 1.91 bits per heavy atom. The number of aromatic nitrogens is 1. The van der Waals surface area contributed by atoms with Crippen LogP contribution in [0.2, 0.25) is 5.02 Å². The van der Waals surface area contributed by atoms with Crippen LogP contribution in [0.3, 0.4) is 0 Å². The highest BCUT2D eigenvalue weighted by atomic mass is 35.5. The van der Waals surface area contributed by atoms with Crippen molar-refractivity contribution in [2.24, 2.45) is 0 Å². The molecule has 3 rings (SSSR count). The molecule has 0 saturated heterocycles. The molecular weight excluding hydrogens is 335 g/mol. The number of nitrogens with zero attached hydrogens (tertiary/aromatic N) is 1. The van der Waals surface area contributed by atoms with Crippen LogP contribution in [0.25, 0.3) is 0 Å². The van der Waals surface area contributed by atoms with E-state index in [4.69, 9.17) is 21.1 Å². The predicted octanol–water partition coefficient (Wildman–Crippen LogP) is 3.34. The van der Waals surface area contributed by atoms with Gasteiger partial charge in [0.15, 0.2) is 11.5 Å². The topological polar surface area (TPSA) is 40.5 Å². The smallest absolute Gasteiger partial charge is 0.417 e. The van der Waals surface area contributed by atoms with Gasteiger partial charge in [0.25, 0.3) is 5.56 Å². The van der Waals surface area contributed by atoms with Crippen molar-refractivity contribution in [3.05, 3.63) is 57.0 Å². The number of pyridine rings is 1. The molecule has 0 amide bonds. The van der Waals surface area contributed by atoms with Gasteiger partial charge in [-0.15, -0.1) is 0 Å². The van der Waals surface area contributed by atoms with Gasteiger partial charge in [-0.05, 0) is 23.8 Å². The molecule has 0 radical (unpaired) electrons. The Balaban J connectivity index is 1.96. The van der Waals surface area contributed by atoms with Crippen molar-refractivity contribution in [1.29, 1.82) is 0 Å². The van der Waals surface area contributed by atoms with Crippen LogP contribution in [0.1, 0.15) is 11.1 Å². The van der Waals surface area contributed by atoms with E-state index in [9.17, 15) is 18.0 Å². The molecule has 122 valence electrons. The van der Waals surface area contributed by atoms with Crippen molar-refractivity contribution < 1.29 is 22.6 Å². The quantitative estimate of drug-likeness (QED) is 0.838. The van der Waals surface area contributed by atoms with E-state index in [1.165, 1.54) is 0 Å². The van der Waals surface area contributed by atoms with Gasteiger partial charge in [0.2, 0.25) is 0 Å². The predicted molar refractivity (Wildman–Crippen MR) is 77.2 cm³/mol. The largest absolute Gasteiger partial charge is 0.486 e. The summed E-state index contributed by atoms with van der Waals surface area (Å²) in [6.45, 7) is 0.675. The first kappa shape index (κ1) is 15.7. The Labute approximate surface area is 134 Å². The summed E-state index contributed by atoms with van der Waals surface area (Å²) in [7, 11) is 0. The van der Waals surface area contributed by atoms with Gasteiger partial charge in [-0.1, -0.05) is 11.6 Å². The summed E-state index contributed by atoms with van der Waals surface area (Å²) in [5.41, 5.74) is -0.884. The third-order valence-electron chi connectivity index (χ3n) is 3.32. The number of alkyl halides is 3. The van der Waals surface area contributed by atoms with E-state index in [0.717, 1.165) is 22.9 Å². The first-order chi connectivity index (χ1) is 10.8. The Kier molecular flexibility index (Phi) is 3.97. The van der Waals surface area contributed by atoms with Gasteiger partial charge in [-0.2, -0.15) is 13.2 Å². The zero-order valence-electron chi connectivity index (χ0n) is 11.7. The van der Waals surface area contributed by atoms with Crippen molar-refractivity contribution in [3.8, 4) is 11.5 Å². The molecule has 1 aromatic heterocycles. The standard InChI is InChI=1S/C15H11ClF3NO3/c16-11-5-9(6-12-14(11)23-4-3-22-12)7-20-8-10(15(17,18)19)1-2-13(20)21/h1-2,5-6,8H,3-4,7H2. The number of hydrogen-bond donors (Lipinski definition) is 0. The monoisotopic (exact) mass is 345 g/mol. The van der Waals surface area contributed by atoms with Crippen LogP contribution in [-0.2, 0) is 12.7 Å². The van der Waals surface area contributed by atoms with Crippen LogP contribution in [0.5, 0.6) is 11.5 Å². The number of rotatable bonds is 2. The summed E-state index contributed by atoms with van der Waals surface area (Å²) in [4.78, 5) is 11.8. The molecule has 2 aromatic rings. The highest BCUT2D eigenvalue weighted by Crippen LogP contribution is 2.38. The number of fused-ring (bicyclic) bond motifs is 1. The molecule has 0 N–H and O–H groups in total. The third-order valence-corrected chi connectivity index (χ3v) is 3.60. The molecule has 0 fully saturated rings. The number of halogens is 4. The van der Waals surface area contributed by atoms with Gasteiger partial charge in [0, 0.05) is 12.3 Å². The molecule has 1 aliphatic heterocycles. The summed E-state index contributed by atoms with van der Waals surface area (Å²) in [5.74, 6) is 0.817. The Bertz CT molecular complexity index is 802. The van der Waals surface area contributed by atoms with Gasteiger partial charge in [-0.3, -0.25) is 4.79 Å². The van der Waals surface area contributed by atoms with Crippen LogP contribution in [0.15, 0.2) is 35.3 Å². The van der Waals surface area contributed by atoms with Gasteiger partial charge in [0.1, 0.15) is 13.2 Å². The summed E-state index contributed by atoms with van der Waals surface area (Å²) in [6, 6.07) is 4.80. The summed E-state index contributed by atoms with van der Waals surface area (Å²) in [6.07, 6.45) is -3.73. The van der Waals surface area contributed by atoms with Crippen LogP contribution < -0.4 is 15.0 Å². The van der Waals surface area contributed by atoms with Crippen molar-refractivity contribution in [2.45, 2.75) is 12.7 Å². The van der Waals surface area contributed by atoms with Crippen LogP contribution in [-0.4, -0.2) is 17.8 Å². The SMILES string of the molecule is O=c1ccc(C(F)(F)F)cn1Cc1cc(Cl)c2c(c1)OCCO2. The number of ether oxygens (including phenoxy) is 2. The van der Waals surface area contributed by atoms with Gasteiger partial charge < -0.3 is 14.0 Å². The lowest BCUT2D eigenvalue weighted by molar-refractivity contribution is -0.138. The maximum absolute atomic E-state index is 12.8. The maximum atomic E-state index is 12.8. The van der Waals surface area contributed by atoms with E-state index in [2.05, 4.69) is 0 Å². The van der Waals surface area contributed by atoms with E-state index in [1.807, 2.05) is 0 Å². The highest BCUT2D eigenvalue weighted by Gasteiger charge is 2.31. The Hall–Kier alpha value is -2.15. The Morgan fingerprint density at radius 3 is 2.65 bits per heavy atom. The summed E-state index contributed by atoms with van der Waals surface area (Å²) >= 11 is 6.08.